The van der Waals surface area contributed by atoms with Crippen LogP contribution < -0.4 is 11.1 Å². The van der Waals surface area contributed by atoms with Crippen molar-refractivity contribution in [3.63, 3.8) is 0 Å². The molecule has 0 amide bonds. The largest absolute Gasteiger partial charge is 0.353 e. The number of para-hydroxylation sites is 2. The van der Waals surface area contributed by atoms with Gasteiger partial charge in [-0.3, -0.25) is 0 Å². The van der Waals surface area contributed by atoms with Crippen LogP contribution in [0.2, 0.25) is 0 Å². The van der Waals surface area contributed by atoms with Gasteiger partial charge in [-0.05, 0) is 53.0 Å². The summed E-state index contributed by atoms with van der Waals surface area (Å²) in [5.74, 6) is 0.926. The van der Waals surface area contributed by atoms with Crippen molar-refractivity contribution in [2.24, 2.45) is 5.73 Å². The summed E-state index contributed by atoms with van der Waals surface area (Å²) in [5.41, 5.74) is 8.83. The molecule has 0 aliphatic carbocycles. The maximum absolute atomic E-state index is 5.68. The smallest absolute Gasteiger partial charge is 0.204 e. The zero-order valence-corrected chi connectivity index (χ0v) is 16.9. The monoisotopic (exact) mass is 428 g/mol. The molecule has 0 saturated carbocycles. The Morgan fingerprint density at radius 3 is 2.67 bits per heavy atom. The average Bonchev–Trinajstić information content (AvgIpc) is 3.01. The van der Waals surface area contributed by atoms with Crippen LogP contribution in [0.4, 0.5) is 5.95 Å². The first-order valence-electron chi connectivity index (χ1n) is 9.48. The second-order valence-electron chi connectivity index (χ2n) is 7.01. The van der Waals surface area contributed by atoms with Gasteiger partial charge in [0, 0.05) is 32.2 Å². The van der Waals surface area contributed by atoms with Crippen molar-refractivity contribution in [1.82, 2.24) is 19.4 Å². The molecule has 4 rings (SSSR count). The fraction of sp³-hybridized carbons (Fsp3) is 0.400. The van der Waals surface area contributed by atoms with Crippen LogP contribution in [0.25, 0.3) is 11.0 Å². The van der Waals surface area contributed by atoms with Crippen molar-refractivity contribution in [3.05, 3.63) is 52.8 Å². The van der Waals surface area contributed by atoms with E-state index < -0.39 is 0 Å². The number of aromatic nitrogens is 3. The Balaban J connectivity index is 1.57. The lowest BCUT2D eigenvalue weighted by molar-refractivity contribution is 0.224. The van der Waals surface area contributed by atoms with Gasteiger partial charge >= 0.3 is 0 Å². The van der Waals surface area contributed by atoms with E-state index >= 15 is 0 Å². The van der Waals surface area contributed by atoms with E-state index in [0.29, 0.717) is 12.6 Å². The van der Waals surface area contributed by atoms with Crippen LogP contribution in [-0.2, 0) is 6.54 Å². The number of hydrogen-bond acceptors (Lipinski definition) is 5. The maximum atomic E-state index is 5.68. The van der Waals surface area contributed by atoms with Gasteiger partial charge in [0.15, 0.2) is 0 Å². The lowest BCUT2D eigenvalue weighted by atomic mass is 10.1. The SMILES string of the molecule is NCCN1CCC(Nc2nc3ccccc3n2Cc2cccc(Br)n2)CC1. The molecular formula is C20H25BrN6. The predicted molar refractivity (Wildman–Crippen MR) is 113 cm³/mol. The molecule has 0 spiro atoms. The number of imidazole rings is 1. The zero-order chi connectivity index (χ0) is 18.6. The van der Waals surface area contributed by atoms with Crippen LogP contribution in [0.15, 0.2) is 47.1 Å². The fourth-order valence-corrected chi connectivity index (χ4v) is 4.09. The van der Waals surface area contributed by atoms with Crippen molar-refractivity contribution in [1.29, 1.82) is 0 Å². The highest BCUT2D eigenvalue weighted by atomic mass is 79.9. The average molecular weight is 429 g/mol. The van der Waals surface area contributed by atoms with Gasteiger partial charge in [-0.2, -0.15) is 0 Å². The highest BCUT2D eigenvalue weighted by molar-refractivity contribution is 9.10. The molecule has 0 unspecified atom stereocenters. The molecule has 1 saturated heterocycles. The molecular weight excluding hydrogens is 404 g/mol. The number of nitrogens with two attached hydrogens (primary N) is 1. The summed E-state index contributed by atoms with van der Waals surface area (Å²) in [6.45, 7) is 4.58. The number of fused-ring (bicyclic) bond motifs is 1. The van der Waals surface area contributed by atoms with Crippen LogP contribution >= 0.6 is 15.9 Å². The molecule has 3 aromatic rings. The quantitative estimate of drug-likeness (QED) is 0.590. The number of nitrogens with zero attached hydrogens (tertiary/aromatic N) is 4. The molecule has 0 radical (unpaired) electrons. The lowest BCUT2D eigenvalue weighted by Crippen LogP contribution is -2.41. The summed E-state index contributed by atoms with van der Waals surface area (Å²) in [4.78, 5) is 11.9. The van der Waals surface area contributed by atoms with Crippen molar-refractivity contribution in [2.45, 2.75) is 25.4 Å². The van der Waals surface area contributed by atoms with Gasteiger partial charge in [-0.1, -0.05) is 18.2 Å². The Kier molecular flexibility index (Phi) is 5.71. The van der Waals surface area contributed by atoms with E-state index in [1.807, 2.05) is 18.2 Å². The van der Waals surface area contributed by atoms with Crippen LogP contribution in [0.5, 0.6) is 0 Å². The first kappa shape index (κ1) is 18.4. The van der Waals surface area contributed by atoms with E-state index in [2.05, 4.69) is 60.0 Å². The summed E-state index contributed by atoms with van der Waals surface area (Å²) in [6.07, 6.45) is 2.22. The Morgan fingerprint density at radius 1 is 1.07 bits per heavy atom. The first-order chi connectivity index (χ1) is 13.2. The minimum absolute atomic E-state index is 0.435. The first-order valence-corrected chi connectivity index (χ1v) is 10.3. The molecule has 27 heavy (non-hydrogen) atoms. The third kappa shape index (κ3) is 4.31. The highest BCUT2D eigenvalue weighted by Crippen LogP contribution is 2.23. The van der Waals surface area contributed by atoms with Gasteiger partial charge in [0.2, 0.25) is 5.95 Å². The number of likely N-dealkylation sites (tertiary alicyclic amines) is 1. The molecule has 0 atom stereocenters. The number of benzene rings is 1. The van der Waals surface area contributed by atoms with E-state index in [1.165, 1.54) is 0 Å². The summed E-state index contributed by atoms with van der Waals surface area (Å²) in [6, 6.07) is 14.7. The van der Waals surface area contributed by atoms with Crippen LogP contribution in [0.3, 0.4) is 0 Å². The second kappa shape index (κ2) is 8.37. The minimum Gasteiger partial charge on any atom is -0.353 e. The maximum Gasteiger partial charge on any atom is 0.204 e. The van der Waals surface area contributed by atoms with E-state index in [9.17, 15) is 0 Å². The molecule has 1 aliphatic rings. The normalized spacial score (nSPS) is 16.1. The Hall–Kier alpha value is -1.96. The number of pyridine rings is 1. The predicted octanol–water partition coefficient (Wildman–Crippen LogP) is 3.08. The highest BCUT2D eigenvalue weighted by Gasteiger charge is 2.21. The van der Waals surface area contributed by atoms with Gasteiger partial charge < -0.3 is 20.5 Å². The third-order valence-electron chi connectivity index (χ3n) is 5.11. The van der Waals surface area contributed by atoms with Gasteiger partial charge in [0.25, 0.3) is 0 Å². The molecule has 3 heterocycles. The molecule has 1 fully saturated rings. The van der Waals surface area contributed by atoms with Crippen LogP contribution in [0.1, 0.15) is 18.5 Å². The lowest BCUT2D eigenvalue weighted by Gasteiger charge is -2.32. The topological polar surface area (TPSA) is 72.0 Å². The second-order valence-corrected chi connectivity index (χ2v) is 7.82. The number of nitrogens with one attached hydrogen (secondary N) is 1. The number of rotatable bonds is 6. The molecule has 142 valence electrons. The number of hydrogen-bond donors (Lipinski definition) is 2. The molecule has 0 bridgehead atoms. The van der Waals surface area contributed by atoms with Crippen molar-refractivity contribution < 1.29 is 0 Å². The van der Waals surface area contributed by atoms with E-state index in [1.54, 1.807) is 0 Å². The Morgan fingerprint density at radius 2 is 1.89 bits per heavy atom. The molecule has 1 aromatic carbocycles. The standard InChI is InChI=1S/C20H25BrN6/c21-19-7-3-4-16(23-19)14-27-18-6-2-1-5-17(18)25-20(27)24-15-8-11-26(12-9-15)13-10-22/h1-7,15H,8-14,22H2,(H,24,25). The summed E-state index contributed by atoms with van der Waals surface area (Å²) in [7, 11) is 0. The summed E-state index contributed by atoms with van der Waals surface area (Å²) in [5, 5.41) is 3.69. The fourth-order valence-electron chi connectivity index (χ4n) is 3.71. The molecule has 6 nitrogen and oxygen atoms in total. The van der Waals surface area contributed by atoms with E-state index in [0.717, 1.165) is 66.3 Å². The van der Waals surface area contributed by atoms with Gasteiger partial charge in [-0.15, -0.1) is 0 Å². The molecule has 2 aromatic heterocycles. The molecule has 7 heteroatoms. The van der Waals surface area contributed by atoms with E-state index in [4.69, 9.17) is 10.7 Å². The van der Waals surface area contributed by atoms with Crippen LogP contribution in [-0.4, -0.2) is 51.7 Å². The Bertz CT molecular complexity index is 900. The van der Waals surface area contributed by atoms with Crippen molar-refractivity contribution in [2.75, 3.05) is 31.5 Å². The van der Waals surface area contributed by atoms with Crippen molar-refractivity contribution in [3.8, 4) is 0 Å². The van der Waals surface area contributed by atoms with Gasteiger partial charge in [0.05, 0.1) is 23.3 Å². The summed E-state index contributed by atoms with van der Waals surface area (Å²) < 4.78 is 3.09. The minimum atomic E-state index is 0.435. The van der Waals surface area contributed by atoms with Crippen LogP contribution in [0, 0.1) is 0 Å². The summed E-state index contributed by atoms with van der Waals surface area (Å²) >= 11 is 3.47. The molecule has 1 aliphatic heterocycles. The Labute approximate surface area is 167 Å². The van der Waals surface area contributed by atoms with E-state index in [-0.39, 0.29) is 0 Å². The molecule has 3 N–H and O–H groups in total. The third-order valence-corrected chi connectivity index (χ3v) is 5.56. The number of piperidine rings is 1. The number of halogens is 1. The van der Waals surface area contributed by atoms with Gasteiger partial charge in [-0.25, -0.2) is 9.97 Å². The zero-order valence-electron chi connectivity index (χ0n) is 15.3. The van der Waals surface area contributed by atoms with Crippen molar-refractivity contribution >= 4 is 32.9 Å². The number of anilines is 1. The van der Waals surface area contributed by atoms with Gasteiger partial charge in [0.1, 0.15) is 4.60 Å².